The average molecular weight is 624 g/mol. The third-order valence-corrected chi connectivity index (χ3v) is 9.63. The summed E-state index contributed by atoms with van der Waals surface area (Å²) in [5.74, 6) is 0.543. The third-order valence-electron chi connectivity index (χ3n) is 7.84. The molecule has 4 rings (SSSR count). The smallest absolute Gasteiger partial charge is 0.264 e. The minimum atomic E-state index is -4.21. The summed E-state index contributed by atoms with van der Waals surface area (Å²) < 4.78 is 45.4. The normalized spacial score (nSPS) is 14.0. The van der Waals surface area contributed by atoms with Gasteiger partial charge < -0.3 is 24.4 Å². The second-order valence-electron chi connectivity index (χ2n) is 10.7. The van der Waals surface area contributed by atoms with Crippen LogP contribution in [0.25, 0.3) is 0 Å². The molecule has 0 aliphatic heterocycles. The number of sulfonamides is 1. The van der Waals surface area contributed by atoms with Crippen molar-refractivity contribution >= 4 is 27.5 Å². The molecule has 11 heteroatoms. The first-order chi connectivity index (χ1) is 21.2. The number of methoxy groups -OCH3 is 3. The highest BCUT2D eigenvalue weighted by molar-refractivity contribution is 7.92. The number of carbonyl (C=O) groups excluding carboxylic acids is 2. The van der Waals surface area contributed by atoms with Gasteiger partial charge in [0.05, 0.1) is 31.9 Å². The highest BCUT2D eigenvalue weighted by Gasteiger charge is 2.35. The van der Waals surface area contributed by atoms with Crippen LogP contribution in [0.15, 0.2) is 77.7 Å². The number of rotatable bonds is 14. The molecule has 0 spiro atoms. The van der Waals surface area contributed by atoms with E-state index >= 15 is 0 Å². The molecule has 3 aromatic carbocycles. The van der Waals surface area contributed by atoms with Crippen molar-refractivity contribution in [2.45, 2.75) is 62.6 Å². The van der Waals surface area contributed by atoms with E-state index in [1.807, 2.05) is 19.1 Å². The van der Waals surface area contributed by atoms with Gasteiger partial charge in [0.15, 0.2) is 11.5 Å². The van der Waals surface area contributed by atoms with Crippen LogP contribution in [-0.2, 0) is 26.2 Å². The van der Waals surface area contributed by atoms with Gasteiger partial charge in [0.2, 0.25) is 11.8 Å². The molecule has 1 atom stereocenters. The fraction of sp³-hybridized carbons (Fsp3) is 0.394. The SMILES string of the molecule is CCC(C(=O)NC1CCCC1)N(Cc1cccc(OC)c1)C(=O)CN(c1ccc(OC)c(OC)c1)S(=O)(=O)c1ccccc1. The third kappa shape index (κ3) is 7.63. The van der Waals surface area contributed by atoms with Crippen molar-refractivity contribution in [1.29, 1.82) is 0 Å². The standard InChI is InChI=1S/C33H41N3O7S/c1-5-29(33(38)34-25-13-9-10-14-25)35(22-24-12-11-15-27(20-24)41-2)32(37)23-36(44(39,40)28-16-7-6-8-17-28)26-18-19-30(42-3)31(21-26)43-4/h6-8,11-12,15-21,25,29H,5,9-10,13-14,22-23H2,1-4H3,(H,34,38). The Bertz CT molecular complexity index is 1530. The lowest BCUT2D eigenvalue weighted by Gasteiger charge is -2.34. The highest BCUT2D eigenvalue weighted by Crippen LogP contribution is 2.34. The molecular weight excluding hydrogens is 582 g/mol. The lowest BCUT2D eigenvalue weighted by molar-refractivity contribution is -0.140. The fourth-order valence-corrected chi connectivity index (χ4v) is 6.91. The first kappa shape index (κ1) is 32.7. The van der Waals surface area contributed by atoms with Crippen molar-refractivity contribution in [3.8, 4) is 17.2 Å². The Hall–Kier alpha value is -4.25. The van der Waals surface area contributed by atoms with E-state index in [-0.39, 0.29) is 29.1 Å². The van der Waals surface area contributed by atoms with Crippen LogP contribution in [0, 0.1) is 0 Å². The molecule has 0 bridgehead atoms. The summed E-state index contributed by atoms with van der Waals surface area (Å²) in [6.07, 6.45) is 4.23. The highest BCUT2D eigenvalue weighted by atomic mass is 32.2. The van der Waals surface area contributed by atoms with Gasteiger partial charge in [-0.1, -0.05) is 50.1 Å². The Morgan fingerprint density at radius 2 is 1.59 bits per heavy atom. The Balaban J connectivity index is 1.75. The van der Waals surface area contributed by atoms with Gasteiger partial charge in [-0.25, -0.2) is 8.42 Å². The summed E-state index contributed by atoms with van der Waals surface area (Å²) >= 11 is 0. The van der Waals surface area contributed by atoms with Crippen molar-refractivity contribution in [3.05, 3.63) is 78.4 Å². The van der Waals surface area contributed by atoms with E-state index in [9.17, 15) is 18.0 Å². The Labute approximate surface area is 260 Å². The Kier molecular flexibility index (Phi) is 11.1. The quantitative estimate of drug-likeness (QED) is 0.275. The maximum absolute atomic E-state index is 14.3. The number of ether oxygens (including phenoxy) is 3. The summed E-state index contributed by atoms with van der Waals surface area (Å²) in [5.41, 5.74) is 0.957. The first-order valence-electron chi connectivity index (χ1n) is 14.7. The van der Waals surface area contributed by atoms with Crippen molar-refractivity contribution in [3.63, 3.8) is 0 Å². The van der Waals surface area contributed by atoms with E-state index in [1.54, 1.807) is 49.6 Å². The van der Waals surface area contributed by atoms with Crippen molar-refractivity contribution in [2.75, 3.05) is 32.2 Å². The number of hydrogen-bond donors (Lipinski definition) is 1. The molecule has 1 N–H and O–H groups in total. The monoisotopic (exact) mass is 623 g/mol. The number of benzene rings is 3. The molecule has 1 saturated carbocycles. The van der Waals surface area contributed by atoms with Crippen LogP contribution in [0.1, 0.15) is 44.6 Å². The lowest BCUT2D eigenvalue weighted by Crippen LogP contribution is -2.53. The minimum Gasteiger partial charge on any atom is -0.497 e. The van der Waals surface area contributed by atoms with E-state index < -0.39 is 28.5 Å². The van der Waals surface area contributed by atoms with Crippen molar-refractivity contribution < 1.29 is 32.2 Å². The largest absolute Gasteiger partial charge is 0.497 e. The number of nitrogens with zero attached hydrogens (tertiary/aromatic N) is 2. The van der Waals surface area contributed by atoms with Gasteiger partial charge in [0, 0.05) is 18.7 Å². The van der Waals surface area contributed by atoms with E-state index in [0.717, 1.165) is 35.6 Å². The zero-order valence-corrected chi connectivity index (χ0v) is 26.5. The minimum absolute atomic E-state index is 0.0212. The molecule has 1 aliphatic carbocycles. The topological polar surface area (TPSA) is 114 Å². The molecule has 3 aromatic rings. The van der Waals surface area contributed by atoms with E-state index in [4.69, 9.17) is 14.2 Å². The number of hydrogen-bond acceptors (Lipinski definition) is 7. The van der Waals surface area contributed by atoms with Crippen LogP contribution in [-0.4, -0.2) is 65.1 Å². The Morgan fingerprint density at radius 3 is 2.23 bits per heavy atom. The van der Waals surface area contributed by atoms with Crippen molar-refractivity contribution in [1.82, 2.24) is 10.2 Å². The van der Waals surface area contributed by atoms with Crippen LogP contribution in [0.4, 0.5) is 5.69 Å². The van der Waals surface area contributed by atoms with Gasteiger partial charge in [0.1, 0.15) is 18.3 Å². The molecule has 236 valence electrons. The number of anilines is 1. The van der Waals surface area contributed by atoms with Crippen molar-refractivity contribution in [2.24, 2.45) is 0 Å². The van der Waals surface area contributed by atoms with Gasteiger partial charge in [0.25, 0.3) is 10.0 Å². The first-order valence-corrected chi connectivity index (χ1v) is 16.2. The van der Waals surface area contributed by atoms with Gasteiger partial charge in [-0.15, -0.1) is 0 Å². The molecule has 0 radical (unpaired) electrons. The van der Waals surface area contributed by atoms with Crippen LogP contribution in [0.2, 0.25) is 0 Å². The number of nitrogens with one attached hydrogen (secondary N) is 1. The molecule has 0 aromatic heterocycles. The van der Waals surface area contributed by atoms with Gasteiger partial charge in [-0.2, -0.15) is 0 Å². The molecule has 1 fully saturated rings. The molecule has 0 saturated heterocycles. The predicted molar refractivity (Wildman–Crippen MR) is 169 cm³/mol. The molecule has 2 amide bonds. The molecule has 1 aliphatic rings. The second-order valence-corrected chi connectivity index (χ2v) is 12.5. The molecule has 0 heterocycles. The molecule has 44 heavy (non-hydrogen) atoms. The van der Waals surface area contributed by atoms with E-state index in [0.29, 0.717) is 23.7 Å². The van der Waals surface area contributed by atoms with Crippen LogP contribution >= 0.6 is 0 Å². The number of amides is 2. The zero-order valence-electron chi connectivity index (χ0n) is 25.7. The van der Waals surface area contributed by atoms with Crippen LogP contribution < -0.4 is 23.8 Å². The summed E-state index contributed by atoms with van der Waals surface area (Å²) in [6, 6.07) is 19.1. The molecule has 1 unspecified atom stereocenters. The van der Waals surface area contributed by atoms with E-state index in [2.05, 4.69) is 5.32 Å². The van der Waals surface area contributed by atoms with Crippen LogP contribution in [0.3, 0.4) is 0 Å². The maximum Gasteiger partial charge on any atom is 0.264 e. The zero-order chi connectivity index (χ0) is 31.7. The maximum atomic E-state index is 14.3. The summed E-state index contributed by atoms with van der Waals surface area (Å²) in [6.45, 7) is 1.37. The summed E-state index contributed by atoms with van der Waals surface area (Å²) in [7, 11) is 0.279. The van der Waals surface area contributed by atoms with Gasteiger partial charge >= 0.3 is 0 Å². The van der Waals surface area contributed by atoms with Gasteiger partial charge in [-0.05, 0) is 61.2 Å². The average Bonchev–Trinajstić information content (AvgIpc) is 3.56. The lowest BCUT2D eigenvalue weighted by atomic mass is 10.1. The number of carbonyl (C=O) groups is 2. The summed E-state index contributed by atoms with van der Waals surface area (Å²) in [5, 5.41) is 3.12. The van der Waals surface area contributed by atoms with Crippen LogP contribution in [0.5, 0.6) is 17.2 Å². The Morgan fingerprint density at radius 1 is 0.886 bits per heavy atom. The molecular formula is C33H41N3O7S. The predicted octanol–water partition coefficient (Wildman–Crippen LogP) is 4.77. The second kappa shape index (κ2) is 15.0. The molecule has 10 nitrogen and oxygen atoms in total. The summed E-state index contributed by atoms with van der Waals surface area (Å²) in [4.78, 5) is 29.4. The fourth-order valence-electron chi connectivity index (χ4n) is 5.48. The van der Waals surface area contributed by atoms with Gasteiger partial charge in [-0.3, -0.25) is 13.9 Å². The van der Waals surface area contributed by atoms with E-state index in [1.165, 1.54) is 37.3 Å².